The third kappa shape index (κ3) is 5.71. The summed E-state index contributed by atoms with van der Waals surface area (Å²) < 4.78 is 24.1. The van der Waals surface area contributed by atoms with E-state index in [0.717, 1.165) is 0 Å². The maximum Gasteiger partial charge on any atom is 0.290 e. The number of primary sulfonamides is 1. The molecule has 2 amide bonds. The Balaban J connectivity index is 1.63. The van der Waals surface area contributed by atoms with Crippen LogP contribution in [0.4, 0.5) is 11.4 Å². The average Bonchev–Trinajstić information content (AvgIpc) is 2.68. The minimum absolute atomic E-state index is 0.0244. The maximum absolute atomic E-state index is 12.4. The van der Waals surface area contributed by atoms with Crippen molar-refractivity contribution in [1.29, 1.82) is 0 Å². The summed E-state index contributed by atoms with van der Waals surface area (Å²) in [5, 5.41) is 10.5. The second-order valence-electron chi connectivity index (χ2n) is 6.20. The molecule has 0 aliphatic carbocycles. The van der Waals surface area contributed by atoms with Gasteiger partial charge in [-0.15, -0.1) is 0 Å². The number of hydrogen-bond donors (Lipinski definition) is 3. The number of aromatic nitrogens is 1. The lowest BCUT2D eigenvalue weighted by molar-refractivity contribution is -0.684. The van der Waals surface area contributed by atoms with E-state index in [1.165, 1.54) is 24.3 Å². The molecular weight excluding hydrogens is 392 g/mol. The molecule has 1 aromatic heterocycles. The van der Waals surface area contributed by atoms with Gasteiger partial charge in [0.2, 0.25) is 16.6 Å². The Morgan fingerprint density at radius 2 is 1.52 bits per heavy atom. The van der Waals surface area contributed by atoms with E-state index < -0.39 is 10.0 Å². The molecule has 0 radical (unpaired) electrons. The van der Waals surface area contributed by atoms with Crippen LogP contribution in [0, 0.1) is 0 Å². The van der Waals surface area contributed by atoms with Crippen molar-refractivity contribution in [3.8, 4) is 0 Å². The molecule has 0 spiro atoms. The number of rotatable bonds is 6. The summed E-state index contributed by atoms with van der Waals surface area (Å²) in [6, 6.07) is 17.9. The highest BCUT2D eigenvalue weighted by molar-refractivity contribution is 7.89. The molecule has 0 saturated carbocycles. The smallest absolute Gasteiger partial charge is 0.290 e. The van der Waals surface area contributed by atoms with E-state index >= 15 is 0 Å². The van der Waals surface area contributed by atoms with Crippen LogP contribution in [-0.2, 0) is 21.4 Å². The number of pyridine rings is 1. The van der Waals surface area contributed by atoms with Crippen molar-refractivity contribution in [3.05, 3.63) is 84.7 Å². The van der Waals surface area contributed by atoms with Crippen LogP contribution in [0.5, 0.6) is 0 Å². The topological polar surface area (TPSA) is 122 Å². The third-order valence-corrected chi connectivity index (χ3v) is 4.87. The van der Waals surface area contributed by atoms with Crippen LogP contribution >= 0.6 is 0 Å². The first-order valence-electron chi connectivity index (χ1n) is 8.59. The van der Waals surface area contributed by atoms with Gasteiger partial charge in [0.05, 0.1) is 4.90 Å². The molecular formula is C20H19N4O4S+. The van der Waals surface area contributed by atoms with Gasteiger partial charge < -0.3 is 10.6 Å². The summed E-state index contributed by atoms with van der Waals surface area (Å²) in [6.07, 6.45) is 3.24. The highest BCUT2D eigenvalue weighted by Gasteiger charge is 2.15. The van der Waals surface area contributed by atoms with Crippen molar-refractivity contribution in [1.82, 2.24) is 0 Å². The lowest BCUT2D eigenvalue weighted by Gasteiger charge is -2.06. The van der Waals surface area contributed by atoms with E-state index in [2.05, 4.69) is 10.6 Å². The van der Waals surface area contributed by atoms with Gasteiger partial charge >= 0.3 is 0 Å². The molecule has 0 aliphatic heterocycles. The van der Waals surface area contributed by atoms with Gasteiger partial charge in [-0.25, -0.2) is 13.6 Å². The van der Waals surface area contributed by atoms with Crippen LogP contribution in [0.1, 0.15) is 10.4 Å². The van der Waals surface area contributed by atoms with Crippen LogP contribution in [0.25, 0.3) is 0 Å². The Bertz CT molecular complexity index is 1130. The van der Waals surface area contributed by atoms with Gasteiger partial charge in [-0.1, -0.05) is 18.2 Å². The molecule has 8 nitrogen and oxygen atoms in total. The SMILES string of the molecule is NS(=O)(=O)c1ccc(NC(=O)C[n+]2cccc(C(=O)Nc3ccccc3)c2)cc1. The number of amides is 2. The second kappa shape index (κ2) is 8.63. The Morgan fingerprint density at radius 3 is 2.17 bits per heavy atom. The minimum Gasteiger partial charge on any atom is -0.322 e. The van der Waals surface area contributed by atoms with Gasteiger partial charge in [0.25, 0.3) is 11.8 Å². The standard InChI is InChI=1S/C20H18N4O4S/c21-29(27,28)18-10-8-17(9-11-18)22-19(25)14-24-12-4-5-15(13-24)20(26)23-16-6-2-1-3-7-16/h1-13H,14H2,(H3-,21,22,23,25,26,27,28)/p+1. The van der Waals surface area contributed by atoms with Crippen LogP contribution in [0.2, 0.25) is 0 Å². The molecule has 0 aliphatic rings. The largest absolute Gasteiger partial charge is 0.322 e. The molecule has 29 heavy (non-hydrogen) atoms. The lowest BCUT2D eigenvalue weighted by Crippen LogP contribution is -2.40. The van der Waals surface area contributed by atoms with Gasteiger partial charge in [0, 0.05) is 17.4 Å². The molecule has 0 unspecified atom stereocenters. The van der Waals surface area contributed by atoms with Crippen molar-refractivity contribution in [2.75, 3.05) is 10.6 Å². The number of para-hydroxylation sites is 1. The summed E-state index contributed by atoms with van der Waals surface area (Å²) in [4.78, 5) is 24.6. The molecule has 148 valence electrons. The number of anilines is 2. The van der Waals surface area contributed by atoms with Crippen molar-refractivity contribution in [2.45, 2.75) is 11.4 Å². The first-order valence-corrected chi connectivity index (χ1v) is 10.1. The molecule has 2 aromatic carbocycles. The van der Waals surface area contributed by atoms with Crippen LogP contribution in [0.3, 0.4) is 0 Å². The molecule has 1 heterocycles. The van der Waals surface area contributed by atoms with E-state index in [1.54, 1.807) is 41.2 Å². The number of nitrogens with zero attached hydrogens (tertiary/aromatic N) is 1. The summed E-state index contributed by atoms with van der Waals surface area (Å²) in [5.74, 6) is -0.622. The molecule has 9 heteroatoms. The third-order valence-electron chi connectivity index (χ3n) is 3.94. The quantitative estimate of drug-likeness (QED) is 0.532. The fourth-order valence-corrected chi connectivity index (χ4v) is 3.09. The summed E-state index contributed by atoms with van der Waals surface area (Å²) in [6.45, 7) is -0.0244. The molecule has 0 fully saturated rings. The van der Waals surface area contributed by atoms with E-state index in [1.807, 2.05) is 18.2 Å². The van der Waals surface area contributed by atoms with Gasteiger partial charge in [0.15, 0.2) is 12.4 Å². The zero-order valence-electron chi connectivity index (χ0n) is 15.3. The number of carbonyl (C=O) groups is 2. The van der Waals surface area contributed by atoms with Crippen LogP contribution in [0.15, 0.2) is 84.0 Å². The normalized spacial score (nSPS) is 10.9. The monoisotopic (exact) mass is 411 g/mol. The predicted molar refractivity (Wildman–Crippen MR) is 107 cm³/mol. The number of hydrogen-bond acceptors (Lipinski definition) is 4. The van der Waals surface area contributed by atoms with Crippen molar-refractivity contribution in [3.63, 3.8) is 0 Å². The van der Waals surface area contributed by atoms with Crippen LogP contribution < -0.4 is 20.3 Å². The average molecular weight is 411 g/mol. The van der Waals surface area contributed by atoms with E-state index in [0.29, 0.717) is 16.9 Å². The van der Waals surface area contributed by atoms with Gasteiger partial charge in [-0.3, -0.25) is 9.59 Å². The fraction of sp³-hybridized carbons (Fsp3) is 0.0500. The summed E-state index contributed by atoms with van der Waals surface area (Å²) in [5.41, 5.74) is 1.51. The van der Waals surface area contributed by atoms with Crippen molar-refractivity contribution < 1.29 is 22.6 Å². The van der Waals surface area contributed by atoms with E-state index in [9.17, 15) is 18.0 Å². The number of carbonyl (C=O) groups excluding carboxylic acids is 2. The molecule has 0 atom stereocenters. The zero-order valence-corrected chi connectivity index (χ0v) is 16.1. The second-order valence-corrected chi connectivity index (χ2v) is 7.76. The Kier molecular flexibility index (Phi) is 6.01. The summed E-state index contributed by atoms with van der Waals surface area (Å²) >= 11 is 0. The molecule has 3 aromatic rings. The number of nitrogens with two attached hydrogens (primary N) is 1. The zero-order chi connectivity index (χ0) is 20.9. The van der Waals surface area contributed by atoms with Gasteiger partial charge in [-0.2, -0.15) is 4.57 Å². The number of nitrogens with one attached hydrogen (secondary N) is 2. The van der Waals surface area contributed by atoms with Gasteiger partial charge in [-0.05, 0) is 42.5 Å². The first kappa shape index (κ1) is 20.2. The molecule has 3 rings (SSSR count). The Hall–Kier alpha value is -3.56. The van der Waals surface area contributed by atoms with Crippen molar-refractivity contribution in [2.24, 2.45) is 5.14 Å². The maximum atomic E-state index is 12.4. The molecule has 4 N–H and O–H groups in total. The predicted octanol–water partition coefficient (Wildman–Crippen LogP) is 1.51. The molecule has 0 saturated heterocycles. The molecule has 0 bridgehead atoms. The Morgan fingerprint density at radius 1 is 0.862 bits per heavy atom. The highest BCUT2D eigenvalue weighted by Crippen LogP contribution is 2.12. The van der Waals surface area contributed by atoms with Crippen molar-refractivity contribution >= 4 is 33.2 Å². The Labute approximate surface area is 168 Å². The highest BCUT2D eigenvalue weighted by atomic mass is 32.2. The minimum atomic E-state index is -3.79. The van der Waals surface area contributed by atoms with E-state index in [4.69, 9.17) is 5.14 Å². The summed E-state index contributed by atoms with van der Waals surface area (Å²) in [7, 11) is -3.79. The van der Waals surface area contributed by atoms with Gasteiger partial charge in [0.1, 0.15) is 5.56 Å². The lowest BCUT2D eigenvalue weighted by atomic mass is 10.2. The number of sulfonamides is 1. The first-order chi connectivity index (χ1) is 13.8. The van der Waals surface area contributed by atoms with E-state index in [-0.39, 0.29) is 23.3 Å². The number of benzene rings is 2. The fourth-order valence-electron chi connectivity index (χ4n) is 2.57. The van der Waals surface area contributed by atoms with Crippen LogP contribution in [-0.4, -0.2) is 20.2 Å².